The van der Waals surface area contributed by atoms with Crippen LogP contribution in [0.15, 0.2) is 11.4 Å². The zero-order valence-electron chi connectivity index (χ0n) is 10.4. The van der Waals surface area contributed by atoms with Crippen LogP contribution in [0.5, 0.6) is 0 Å². The summed E-state index contributed by atoms with van der Waals surface area (Å²) in [5.41, 5.74) is 1.30. The molecule has 1 aromatic rings. The Balaban J connectivity index is 1.76. The molecule has 0 saturated carbocycles. The third-order valence-corrected chi connectivity index (χ3v) is 5.96. The molecular formula is C13H17NO2S2. The lowest BCUT2D eigenvalue weighted by Gasteiger charge is -2.26. The lowest BCUT2D eigenvalue weighted by molar-refractivity contribution is -0.129. The molecule has 0 aromatic carbocycles. The predicted molar refractivity (Wildman–Crippen MR) is 74.9 cm³/mol. The second-order valence-corrected chi connectivity index (χ2v) is 6.83. The fraction of sp³-hybridized carbons (Fsp3) is 0.615. The number of thiophene rings is 1. The number of thioether (sulfide) groups is 1. The highest BCUT2D eigenvalue weighted by molar-refractivity contribution is 8.00. The molecule has 5 heteroatoms. The molecule has 1 aromatic heterocycles. The molecule has 18 heavy (non-hydrogen) atoms. The first-order chi connectivity index (χ1) is 8.75. The molecule has 0 spiro atoms. The highest BCUT2D eigenvalue weighted by Crippen LogP contribution is 2.42. The van der Waals surface area contributed by atoms with Crippen LogP contribution >= 0.6 is 23.1 Å². The largest absolute Gasteiger partial charge is 0.376 e. The van der Waals surface area contributed by atoms with Crippen molar-refractivity contribution in [1.82, 2.24) is 4.90 Å². The van der Waals surface area contributed by atoms with Crippen molar-refractivity contribution in [2.45, 2.75) is 31.2 Å². The van der Waals surface area contributed by atoms with E-state index in [1.165, 1.54) is 10.4 Å². The Morgan fingerprint density at radius 3 is 3.11 bits per heavy atom. The van der Waals surface area contributed by atoms with Crippen LogP contribution in [0.1, 0.15) is 28.7 Å². The third kappa shape index (κ3) is 2.31. The summed E-state index contributed by atoms with van der Waals surface area (Å²) < 4.78 is 5.66. The van der Waals surface area contributed by atoms with Gasteiger partial charge < -0.3 is 9.64 Å². The van der Waals surface area contributed by atoms with Crippen LogP contribution in [-0.4, -0.2) is 35.8 Å². The normalized spacial score (nSPS) is 28.3. The minimum Gasteiger partial charge on any atom is -0.376 e. The van der Waals surface area contributed by atoms with Crippen molar-refractivity contribution >= 4 is 29.0 Å². The second-order valence-electron chi connectivity index (χ2n) is 4.81. The first-order valence-electron chi connectivity index (χ1n) is 6.32. The van der Waals surface area contributed by atoms with Crippen molar-refractivity contribution < 1.29 is 9.53 Å². The molecule has 2 atom stereocenters. The fourth-order valence-corrected chi connectivity index (χ4v) is 4.99. The number of amides is 1. The van der Waals surface area contributed by atoms with E-state index in [-0.39, 0.29) is 17.4 Å². The first-order valence-corrected chi connectivity index (χ1v) is 8.25. The third-order valence-electron chi connectivity index (χ3n) is 3.52. The van der Waals surface area contributed by atoms with E-state index in [4.69, 9.17) is 4.74 Å². The average Bonchev–Trinajstić information content (AvgIpc) is 3.05. The fourth-order valence-electron chi connectivity index (χ4n) is 2.51. The molecule has 2 fully saturated rings. The van der Waals surface area contributed by atoms with Crippen LogP contribution < -0.4 is 0 Å². The SMILES string of the molecule is Cc1ccsc1C1SCC(=O)N1CC1CCCO1. The summed E-state index contributed by atoms with van der Waals surface area (Å²) in [7, 11) is 0. The Bertz CT molecular complexity index is 440. The number of hydrogen-bond acceptors (Lipinski definition) is 4. The van der Waals surface area contributed by atoms with Crippen LogP contribution in [0.25, 0.3) is 0 Å². The molecule has 3 nitrogen and oxygen atoms in total. The zero-order valence-corrected chi connectivity index (χ0v) is 12.1. The summed E-state index contributed by atoms with van der Waals surface area (Å²) in [6, 6.07) is 2.13. The van der Waals surface area contributed by atoms with E-state index >= 15 is 0 Å². The van der Waals surface area contributed by atoms with Crippen molar-refractivity contribution in [2.24, 2.45) is 0 Å². The van der Waals surface area contributed by atoms with Gasteiger partial charge in [-0.15, -0.1) is 23.1 Å². The first kappa shape index (κ1) is 12.5. The summed E-state index contributed by atoms with van der Waals surface area (Å²) in [5, 5.41) is 2.32. The van der Waals surface area contributed by atoms with Gasteiger partial charge in [0.15, 0.2) is 0 Å². The van der Waals surface area contributed by atoms with E-state index in [1.54, 1.807) is 23.1 Å². The molecule has 2 saturated heterocycles. The number of carbonyl (C=O) groups is 1. The highest BCUT2D eigenvalue weighted by Gasteiger charge is 2.36. The molecule has 2 unspecified atom stereocenters. The van der Waals surface area contributed by atoms with Gasteiger partial charge in [-0.3, -0.25) is 4.79 Å². The molecule has 3 heterocycles. The molecule has 98 valence electrons. The van der Waals surface area contributed by atoms with Gasteiger partial charge in [0, 0.05) is 18.0 Å². The number of nitrogens with zero attached hydrogens (tertiary/aromatic N) is 1. The molecule has 2 aliphatic rings. The maximum absolute atomic E-state index is 12.0. The van der Waals surface area contributed by atoms with Gasteiger partial charge in [0.25, 0.3) is 0 Å². The van der Waals surface area contributed by atoms with Gasteiger partial charge in [-0.1, -0.05) is 0 Å². The van der Waals surface area contributed by atoms with Crippen LogP contribution in [0.4, 0.5) is 0 Å². The van der Waals surface area contributed by atoms with E-state index in [2.05, 4.69) is 18.4 Å². The lowest BCUT2D eigenvalue weighted by Crippen LogP contribution is -2.35. The number of hydrogen-bond donors (Lipinski definition) is 0. The van der Waals surface area contributed by atoms with Gasteiger partial charge in [0.05, 0.1) is 11.9 Å². The quantitative estimate of drug-likeness (QED) is 0.854. The summed E-state index contributed by atoms with van der Waals surface area (Å²) >= 11 is 3.50. The van der Waals surface area contributed by atoms with E-state index in [0.717, 1.165) is 26.0 Å². The van der Waals surface area contributed by atoms with Crippen molar-refractivity contribution in [3.05, 3.63) is 21.9 Å². The second kappa shape index (κ2) is 5.23. The van der Waals surface area contributed by atoms with E-state index in [0.29, 0.717) is 5.75 Å². The molecule has 0 N–H and O–H groups in total. The minimum absolute atomic E-state index is 0.210. The van der Waals surface area contributed by atoms with Crippen LogP contribution in [0.3, 0.4) is 0 Å². The monoisotopic (exact) mass is 283 g/mol. The number of rotatable bonds is 3. The maximum atomic E-state index is 12.0. The van der Waals surface area contributed by atoms with Crippen molar-refractivity contribution in [1.29, 1.82) is 0 Å². The van der Waals surface area contributed by atoms with Gasteiger partial charge in [0.2, 0.25) is 5.91 Å². The highest BCUT2D eigenvalue weighted by atomic mass is 32.2. The molecule has 0 bridgehead atoms. The Morgan fingerprint density at radius 2 is 2.44 bits per heavy atom. The molecule has 0 radical (unpaired) electrons. The lowest BCUT2D eigenvalue weighted by atomic mass is 10.2. The van der Waals surface area contributed by atoms with Gasteiger partial charge in [-0.2, -0.15) is 0 Å². The van der Waals surface area contributed by atoms with Crippen molar-refractivity contribution in [3.63, 3.8) is 0 Å². The molecule has 3 rings (SSSR count). The standard InChI is InChI=1S/C13H17NO2S2/c1-9-4-6-17-12(9)13-14(11(15)8-18-13)7-10-3-2-5-16-10/h4,6,10,13H,2-3,5,7-8H2,1H3. The Morgan fingerprint density at radius 1 is 1.56 bits per heavy atom. The van der Waals surface area contributed by atoms with E-state index < -0.39 is 0 Å². The summed E-state index contributed by atoms with van der Waals surface area (Å²) in [6.45, 7) is 3.73. The maximum Gasteiger partial charge on any atom is 0.233 e. The summed E-state index contributed by atoms with van der Waals surface area (Å²) in [6.07, 6.45) is 2.46. The minimum atomic E-state index is 0.210. The Kier molecular flexibility index (Phi) is 3.63. The topological polar surface area (TPSA) is 29.5 Å². The average molecular weight is 283 g/mol. The predicted octanol–water partition coefficient (Wildman–Crippen LogP) is 2.81. The summed E-state index contributed by atoms with van der Waals surface area (Å²) in [4.78, 5) is 15.4. The van der Waals surface area contributed by atoms with E-state index in [9.17, 15) is 4.79 Å². The molecule has 1 amide bonds. The smallest absolute Gasteiger partial charge is 0.233 e. The van der Waals surface area contributed by atoms with Gasteiger partial charge in [-0.25, -0.2) is 0 Å². The van der Waals surface area contributed by atoms with Crippen molar-refractivity contribution in [3.8, 4) is 0 Å². The van der Waals surface area contributed by atoms with Crippen molar-refractivity contribution in [2.75, 3.05) is 18.9 Å². The number of aryl methyl sites for hydroxylation is 1. The molecule has 0 aliphatic carbocycles. The molecule has 2 aliphatic heterocycles. The van der Waals surface area contributed by atoms with Crippen LogP contribution in [-0.2, 0) is 9.53 Å². The number of ether oxygens (including phenoxy) is 1. The number of carbonyl (C=O) groups excluding carboxylic acids is 1. The molecular weight excluding hydrogens is 266 g/mol. The van der Waals surface area contributed by atoms with Crippen LogP contribution in [0, 0.1) is 6.92 Å². The Hall–Kier alpha value is -0.520. The zero-order chi connectivity index (χ0) is 12.5. The van der Waals surface area contributed by atoms with Gasteiger partial charge >= 0.3 is 0 Å². The van der Waals surface area contributed by atoms with Gasteiger partial charge in [0.1, 0.15) is 5.37 Å². The van der Waals surface area contributed by atoms with Gasteiger partial charge in [-0.05, 0) is 36.8 Å². The van der Waals surface area contributed by atoms with E-state index in [1.807, 2.05) is 4.90 Å². The van der Waals surface area contributed by atoms with Crippen LogP contribution in [0.2, 0.25) is 0 Å². The summed E-state index contributed by atoms with van der Waals surface area (Å²) in [5.74, 6) is 0.864. The Labute approximate surface area is 116 Å².